The molecule has 1 aromatic carbocycles. The van der Waals surface area contributed by atoms with Gasteiger partial charge >= 0.3 is 6.18 Å². The molecule has 1 N–H and O–H groups in total. The van der Waals surface area contributed by atoms with Gasteiger partial charge in [-0.2, -0.15) is 13.2 Å². The SMILES string of the molecule is O=C1CC2Oc3cc(C(F)(F)F)ccc3[C@@H]2N1. The van der Waals surface area contributed by atoms with Crippen LogP contribution in [0.5, 0.6) is 5.75 Å². The van der Waals surface area contributed by atoms with Crippen molar-refractivity contribution in [2.24, 2.45) is 0 Å². The van der Waals surface area contributed by atoms with Crippen molar-refractivity contribution in [2.75, 3.05) is 0 Å². The monoisotopic (exact) mass is 243 g/mol. The summed E-state index contributed by atoms with van der Waals surface area (Å²) in [6.07, 6.45) is -4.55. The molecule has 2 atom stereocenters. The zero-order chi connectivity index (χ0) is 12.2. The van der Waals surface area contributed by atoms with Gasteiger partial charge in [0.25, 0.3) is 0 Å². The molecule has 1 fully saturated rings. The van der Waals surface area contributed by atoms with E-state index in [0.29, 0.717) is 5.56 Å². The molecule has 1 amide bonds. The number of hydrogen-bond acceptors (Lipinski definition) is 2. The Morgan fingerprint density at radius 3 is 2.82 bits per heavy atom. The molecular weight excluding hydrogens is 235 g/mol. The lowest BCUT2D eigenvalue weighted by Gasteiger charge is -2.09. The Bertz CT molecular complexity index is 498. The van der Waals surface area contributed by atoms with Crippen LogP contribution in [0.2, 0.25) is 0 Å². The van der Waals surface area contributed by atoms with Crippen LogP contribution in [0.25, 0.3) is 0 Å². The Balaban J connectivity index is 1.99. The molecule has 3 nitrogen and oxygen atoms in total. The fraction of sp³-hybridized carbons (Fsp3) is 0.364. The minimum Gasteiger partial charge on any atom is -0.487 e. The van der Waals surface area contributed by atoms with Gasteiger partial charge in [0, 0.05) is 5.56 Å². The number of carbonyl (C=O) groups is 1. The molecule has 2 aliphatic heterocycles. The number of halogens is 3. The second-order valence-electron chi connectivity index (χ2n) is 4.16. The average Bonchev–Trinajstić information content (AvgIpc) is 2.71. The van der Waals surface area contributed by atoms with E-state index in [4.69, 9.17) is 4.74 Å². The first-order valence-electron chi connectivity index (χ1n) is 5.12. The number of carbonyl (C=O) groups excluding carboxylic acids is 1. The van der Waals surface area contributed by atoms with Crippen molar-refractivity contribution in [3.63, 3.8) is 0 Å². The summed E-state index contributed by atoms with van der Waals surface area (Å²) < 4.78 is 42.8. The average molecular weight is 243 g/mol. The number of alkyl halides is 3. The van der Waals surface area contributed by atoms with Gasteiger partial charge in [-0.15, -0.1) is 0 Å². The van der Waals surface area contributed by atoms with E-state index < -0.39 is 11.7 Å². The Hall–Kier alpha value is -1.72. The smallest absolute Gasteiger partial charge is 0.416 e. The van der Waals surface area contributed by atoms with Crippen molar-refractivity contribution in [3.8, 4) is 5.75 Å². The second kappa shape index (κ2) is 3.15. The standard InChI is InChI=1S/C11H8F3NO2/c12-11(13,14)5-1-2-6-7(3-5)17-8-4-9(16)15-10(6)8/h1-3,8,10H,4H2,(H,15,16)/t8?,10-/m0/s1. The first kappa shape index (κ1) is 10.4. The quantitative estimate of drug-likeness (QED) is 0.757. The minimum atomic E-state index is -4.38. The molecule has 0 spiro atoms. The van der Waals surface area contributed by atoms with Crippen molar-refractivity contribution in [3.05, 3.63) is 29.3 Å². The topological polar surface area (TPSA) is 38.3 Å². The number of rotatable bonds is 0. The van der Waals surface area contributed by atoms with Crippen molar-refractivity contribution in [2.45, 2.75) is 24.7 Å². The summed E-state index contributed by atoms with van der Waals surface area (Å²) in [6.45, 7) is 0. The molecule has 0 bridgehead atoms. The maximum absolute atomic E-state index is 12.5. The van der Waals surface area contributed by atoms with E-state index in [-0.39, 0.29) is 30.2 Å². The van der Waals surface area contributed by atoms with E-state index in [9.17, 15) is 18.0 Å². The van der Waals surface area contributed by atoms with Crippen LogP contribution in [0.1, 0.15) is 23.6 Å². The van der Waals surface area contributed by atoms with Gasteiger partial charge in [-0.1, -0.05) is 6.07 Å². The third-order valence-electron chi connectivity index (χ3n) is 3.03. The Labute approximate surface area is 94.6 Å². The number of hydrogen-bond donors (Lipinski definition) is 1. The molecule has 1 saturated heterocycles. The number of fused-ring (bicyclic) bond motifs is 3. The molecule has 3 rings (SSSR count). The predicted octanol–water partition coefficient (Wildman–Crippen LogP) is 2.03. The van der Waals surface area contributed by atoms with E-state index in [0.717, 1.165) is 12.1 Å². The number of benzene rings is 1. The molecule has 17 heavy (non-hydrogen) atoms. The zero-order valence-corrected chi connectivity index (χ0v) is 8.54. The van der Waals surface area contributed by atoms with Gasteiger partial charge in [0.15, 0.2) is 0 Å². The Morgan fingerprint density at radius 1 is 1.35 bits per heavy atom. The molecule has 0 aromatic heterocycles. The summed E-state index contributed by atoms with van der Waals surface area (Å²) in [5.74, 6) is 0.0837. The van der Waals surface area contributed by atoms with Gasteiger partial charge in [-0.05, 0) is 12.1 Å². The van der Waals surface area contributed by atoms with Gasteiger partial charge in [-0.3, -0.25) is 4.79 Å². The number of ether oxygens (including phenoxy) is 1. The van der Waals surface area contributed by atoms with Crippen LogP contribution in [0.3, 0.4) is 0 Å². The van der Waals surface area contributed by atoms with Crippen molar-refractivity contribution >= 4 is 5.91 Å². The molecule has 2 heterocycles. The summed E-state index contributed by atoms with van der Waals surface area (Å²) in [7, 11) is 0. The van der Waals surface area contributed by atoms with E-state index in [1.807, 2.05) is 0 Å². The highest BCUT2D eigenvalue weighted by molar-refractivity contribution is 5.80. The van der Waals surface area contributed by atoms with Crippen LogP contribution in [0.15, 0.2) is 18.2 Å². The highest BCUT2D eigenvalue weighted by Crippen LogP contribution is 2.43. The zero-order valence-electron chi connectivity index (χ0n) is 8.54. The normalized spacial score (nSPS) is 26.2. The molecule has 0 radical (unpaired) electrons. The molecule has 90 valence electrons. The first-order chi connectivity index (χ1) is 7.95. The number of nitrogens with one attached hydrogen (secondary N) is 1. The Morgan fingerprint density at radius 2 is 2.12 bits per heavy atom. The van der Waals surface area contributed by atoms with Crippen LogP contribution in [-0.2, 0) is 11.0 Å². The van der Waals surface area contributed by atoms with Gasteiger partial charge < -0.3 is 10.1 Å². The maximum Gasteiger partial charge on any atom is 0.416 e. The highest BCUT2D eigenvalue weighted by Gasteiger charge is 2.43. The molecule has 6 heteroatoms. The first-order valence-corrected chi connectivity index (χ1v) is 5.12. The third-order valence-corrected chi connectivity index (χ3v) is 3.03. The molecular formula is C11H8F3NO2. The summed E-state index contributed by atoms with van der Waals surface area (Å²) in [6, 6.07) is 3.06. The van der Waals surface area contributed by atoms with Gasteiger partial charge in [0.2, 0.25) is 5.91 Å². The molecule has 0 saturated carbocycles. The summed E-state index contributed by atoms with van der Waals surface area (Å²) in [4.78, 5) is 11.1. The van der Waals surface area contributed by atoms with Gasteiger partial charge in [0.05, 0.1) is 18.0 Å². The lowest BCUT2D eigenvalue weighted by atomic mass is 10.0. The van der Waals surface area contributed by atoms with E-state index in [1.54, 1.807) is 0 Å². The van der Waals surface area contributed by atoms with Crippen LogP contribution >= 0.6 is 0 Å². The lowest BCUT2D eigenvalue weighted by molar-refractivity contribution is -0.137. The molecule has 2 aliphatic rings. The fourth-order valence-corrected chi connectivity index (χ4v) is 2.25. The van der Waals surface area contributed by atoms with E-state index in [2.05, 4.69) is 5.32 Å². The van der Waals surface area contributed by atoms with Gasteiger partial charge in [-0.25, -0.2) is 0 Å². The van der Waals surface area contributed by atoms with Crippen LogP contribution < -0.4 is 10.1 Å². The number of amides is 1. The predicted molar refractivity (Wildman–Crippen MR) is 51.4 cm³/mol. The molecule has 1 aromatic rings. The second-order valence-corrected chi connectivity index (χ2v) is 4.16. The van der Waals surface area contributed by atoms with E-state index in [1.165, 1.54) is 6.07 Å². The molecule has 1 unspecified atom stereocenters. The van der Waals surface area contributed by atoms with E-state index >= 15 is 0 Å². The van der Waals surface area contributed by atoms with Crippen molar-refractivity contribution in [1.29, 1.82) is 0 Å². The Kier molecular flexibility index (Phi) is 1.93. The van der Waals surface area contributed by atoms with Crippen LogP contribution in [0, 0.1) is 0 Å². The van der Waals surface area contributed by atoms with Crippen LogP contribution in [0.4, 0.5) is 13.2 Å². The third kappa shape index (κ3) is 1.55. The van der Waals surface area contributed by atoms with Crippen molar-refractivity contribution < 1.29 is 22.7 Å². The molecule has 0 aliphatic carbocycles. The highest BCUT2D eigenvalue weighted by atomic mass is 19.4. The van der Waals surface area contributed by atoms with Crippen molar-refractivity contribution in [1.82, 2.24) is 5.32 Å². The minimum absolute atomic E-state index is 0.134. The lowest BCUT2D eigenvalue weighted by Crippen LogP contribution is -2.20. The van der Waals surface area contributed by atoms with Gasteiger partial charge in [0.1, 0.15) is 11.9 Å². The summed E-state index contributed by atoms with van der Waals surface area (Å²) >= 11 is 0. The fourth-order valence-electron chi connectivity index (χ4n) is 2.25. The van der Waals surface area contributed by atoms with Crippen LogP contribution in [-0.4, -0.2) is 12.0 Å². The maximum atomic E-state index is 12.5. The summed E-state index contributed by atoms with van der Waals surface area (Å²) in [5.41, 5.74) is -0.114. The summed E-state index contributed by atoms with van der Waals surface area (Å²) in [5, 5.41) is 2.69. The largest absolute Gasteiger partial charge is 0.487 e.